The van der Waals surface area contributed by atoms with Crippen molar-refractivity contribution in [3.05, 3.63) is 36.0 Å². The van der Waals surface area contributed by atoms with Gasteiger partial charge in [0.05, 0.1) is 0 Å². The Balaban J connectivity index is 0. The molecule has 0 aromatic heterocycles. The Morgan fingerprint density at radius 2 is 1.82 bits per heavy atom. The predicted octanol–water partition coefficient (Wildman–Crippen LogP) is 4.11. The van der Waals surface area contributed by atoms with E-state index in [0.717, 1.165) is 6.42 Å². The number of hydrogen-bond acceptors (Lipinski definition) is 0. The van der Waals surface area contributed by atoms with Crippen LogP contribution < -0.4 is 0 Å². The summed E-state index contributed by atoms with van der Waals surface area (Å²) in [4.78, 5) is 0. The van der Waals surface area contributed by atoms with Gasteiger partial charge >= 0.3 is 0 Å². The van der Waals surface area contributed by atoms with Crippen LogP contribution in [0.3, 0.4) is 0 Å². The highest BCUT2D eigenvalue weighted by molar-refractivity contribution is 5.24. The van der Waals surface area contributed by atoms with Gasteiger partial charge in [0.15, 0.2) is 0 Å². The first-order valence-electron chi connectivity index (χ1n) is 3.89. The fourth-order valence-electron chi connectivity index (χ4n) is 0.686. The van der Waals surface area contributed by atoms with E-state index >= 15 is 0 Å². The first-order chi connectivity index (χ1) is 4.89. The van der Waals surface area contributed by atoms with Gasteiger partial charge in [-0.05, 0) is 13.3 Å². The molecule has 1 aliphatic carbocycles. The topological polar surface area (TPSA) is 0 Å². The van der Waals surface area contributed by atoms with E-state index in [1.54, 1.807) is 0 Å². The van der Waals surface area contributed by atoms with Crippen molar-refractivity contribution in [1.29, 1.82) is 0 Å². The summed E-state index contributed by atoms with van der Waals surface area (Å²) in [7, 11) is 0. The van der Waals surface area contributed by atoms with E-state index in [4.69, 9.17) is 0 Å². The standard InChI is InChI=1S/C8H10.C2H6.CH4/c1-8-6-4-2-3-5-7-8;1-2;/h2-4,6-7H,5H2,1H3;1-2H3;1H4. The Labute approximate surface area is 71.3 Å². The average molecular weight is 152 g/mol. The van der Waals surface area contributed by atoms with Gasteiger partial charge in [-0.3, -0.25) is 0 Å². The van der Waals surface area contributed by atoms with Gasteiger partial charge in [0.2, 0.25) is 0 Å². The van der Waals surface area contributed by atoms with Gasteiger partial charge in [-0.1, -0.05) is 57.2 Å². The molecular weight excluding hydrogens is 132 g/mol. The van der Waals surface area contributed by atoms with Gasteiger partial charge in [0.1, 0.15) is 0 Å². The first-order valence-corrected chi connectivity index (χ1v) is 3.89. The Bertz CT molecular complexity index is 145. The second-order valence-corrected chi connectivity index (χ2v) is 1.97. The van der Waals surface area contributed by atoms with Crippen molar-refractivity contribution in [2.45, 2.75) is 34.6 Å². The summed E-state index contributed by atoms with van der Waals surface area (Å²) in [5.41, 5.74) is 1.36. The van der Waals surface area contributed by atoms with Crippen LogP contribution in [0.25, 0.3) is 0 Å². The quantitative estimate of drug-likeness (QED) is 0.490. The van der Waals surface area contributed by atoms with Gasteiger partial charge in [0, 0.05) is 0 Å². The largest absolute Gasteiger partial charge is 0.0807 e. The maximum Gasteiger partial charge on any atom is -0.0160 e. The summed E-state index contributed by atoms with van der Waals surface area (Å²) in [6, 6.07) is 0. The summed E-state index contributed by atoms with van der Waals surface area (Å²) in [5.74, 6) is 0. The van der Waals surface area contributed by atoms with Crippen LogP contribution in [0.4, 0.5) is 0 Å². The summed E-state index contributed by atoms with van der Waals surface area (Å²) >= 11 is 0. The number of hydrogen-bond donors (Lipinski definition) is 0. The van der Waals surface area contributed by atoms with Crippen LogP contribution in [0.1, 0.15) is 34.6 Å². The fraction of sp³-hybridized carbons (Fsp3) is 0.455. The molecule has 0 unspecified atom stereocenters. The zero-order chi connectivity index (χ0) is 7.82. The van der Waals surface area contributed by atoms with Gasteiger partial charge in [-0.25, -0.2) is 0 Å². The summed E-state index contributed by atoms with van der Waals surface area (Å²) in [6.07, 6.45) is 11.7. The van der Waals surface area contributed by atoms with Gasteiger partial charge in [-0.2, -0.15) is 0 Å². The lowest BCUT2D eigenvalue weighted by molar-refractivity contribution is 1.35. The van der Waals surface area contributed by atoms with Gasteiger partial charge in [0.25, 0.3) is 0 Å². The van der Waals surface area contributed by atoms with Crippen LogP contribution in [-0.2, 0) is 0 Å². The molecule has 0 heteroatoms. The molecule has 0 saturated carbocycles. The SMILES string of the molecule is C.CC.CC1=CCC=CC=C1. The Kier molecular flexibility index (Phi) is 10.8. The van der Waals surface area contributed by atoms with Crippen LogP contribution in [0.15, 0.2) is 36.0 Å². The second kappa shape index (κ2) is 9.22. The average Bonchev–Trinajstić information content (AvgIpc) is 2.21. The van der Waals surface area contributed by atoms with Crippen LogP contribution in [-0.4, -0.2) is 0 Å². The second-order valence-electron chi connectivity index (χ2n) is 1.97. The van der Waals surface area contributed by atoms with Crippen LogP contribution in [0.2, 0.25) is 0 Å². The smallest absolute Gasteiger partial charge is 0.0160 e. The van der Waals surface area contributed by atoms with E-state index in [2.05, 4.69) is 37.3 Å². The van der Waals surface area contributed by atoms with Crippen molar-refractivity contribution < 1.29 is 0 Å². The number of allylic oxidation sites excluding steroid dienone is 6. The summed E-state index contributed by atoms with van der Waals surface area (Å²) in [5, 5.41) is 0. The highest BCUT2D eigenvalue weighted by Crippen LogP contribution is 2.01. The van der Waals surface area contributed by atoms with Gasteiger partial charge < -0.3 is 0 Å². The van der Waals surface area contributed by atoms with E-state index in [9.17, 15) is 0 Å². The molecule has 11 heavy (non-hydrogen) atoms. The predicted molar refractivity (Wildman–Crippen MR) is 54.7 cm³/mol. The lowest BCUT2D eigenvalue weighted by atomic mass is 10.2. The molecule has 0 aromatic rings. The lowest BCUT2D eigenvalue weighted by Gasteiger charge is -1.82. The maximum atomic E-state index is 2.21. The molecule has 0 aromatic carbocycles. The third-order valence-electron chi connectivity index (χ3n) is 1.18. The van der Waals surface area contributed by atoms with Crippen LogP contribution in [0.5, 0.6) is 0 Å². The molecule has 1 aliphatic rings. The Hall–Kier alpha value is -0.780. The summed E-state index contributed by atoms with van der Waals surface area (Å²) < 4.78 is 0. The molecule has 0 spiro atoms. The van der Waals surface area contributed by atoms with Crippen molar-refractivity contribution in [3.63, 3.8) is 0 Å². The van der Waals surface area contributed by atoms with Crippen molar-refractivity contribution in [3.8, 4) is 0 Å². The molecule has 0 radical (unpaired) electrons. The van der Waals surface area contributed by atoms with E-state index in [-0.39, 0.29) is 7.43 Å². The van der Waals surface area contributed by atoms with Crippen molar-refractivity contribution in [2.75, 3.05) is 0 Å². The van der Waals surface area contributed by atoms with Crippen LogP contribution >= 0.6 is 0 Å². The minimum atomic E-state index is 0. The minimum absolute atomic E-state index is 0. The molecule has 0 bridgehead atoms. The van der Waals surface area contributed by atoms with Crippen molar-refractivity contribution >= 4 is 0 Å². The van der Waals surface area contributed by atoms with E-state index in [1.807, 2.05) is 13.8 Å². The summed E-state index contributed by atoms with van der Waals surface area (Å²) in [6.45, 7) is 6.11. The number of rotatable bonds is 0. The lowest BCUT2D eigenvalue weighted by Crippen LogP contribution is -1.62. The molecule has 64 valence electrons. The molecule has 1 rings (SSSR count). The van der Waals surface area contributed by atoms with Crippen molar-refractivity contribution in [2.24, 2.45) is 0 Å². The monoisotopic (exact) mass is 152 g/mol. The Morgan fingerprint density at radius 3 is 2.45 bits per heavy atom. The zero-order valence-electron chi connectivity index (χ0n) is 7.09. The fourth-order valence-corrected chi connectivity index (χ4v) is 0.686. The zero-order valence-corrected chi connectivity index (χ0v) is 7.09. The molecular formula is C11H20. The molecule has 0 amide bonds. The molecule has 0 fully saturated rings. The van der Waals surface area contributed by atoms with E-state index in [1.165, 1.54) is 5.57 Å². The minimum Gasteiger partial charge on any atom is -0.0807 e. The van der Waals surface area contributed by atoms with E-state index in [0.29, 0.717) is 0 Å². The molecule has 0 nitrogen and oxygen atoms in total. The van der Waals surface area contributed by atoms with Gasteiger partial charge in [-0.15, -0.1) is 0 Å². The van der Waals surface area contributed by atoms with E-state index < -0.39 is 0 Å². The molecule has 0 heterocycles. The Morgan fingerprint density at radius 1 is 1.18 bits per heavy atom. The molecule has 0 aliphatic heterocycles. The first kappa shape index (κ1) is 12.9. The molecule has 0 atom stereocenters. The third-order valence-corrected chi connectivity index (χ3v) is 1.18. The third kappa shape index (κ3) is 7.11. The normalized spacial score (nSPS) is 13.5. The van der Waals surface area contributed by atoms with Crippen LogP contribution in [0, 0.1) is 0 Å². The maximum absolute atomic E-state index is 2.21. The van der Waals surface area contributed by atoms with Crippen molar-refractivity contribution in [1.82, 2.24) is 0 Å². The molecule has 0 N–H and O–H groups in total. The molecule has 0 saturated heterocycles. The highest BCUT2D eigenvalue weighted by atomic mass is 13.9. The highest BCUT2D eigenvalue weighted by Gasteiger charge is 1.81.